The molecule has 2 rings (SSSR count). The molecule has 0 amide bonds. The molecule has 5 nitrogen and oxygen atoms in total. The minimum absolute atomic E-state index is 0.0363. The smallest absolute Gasteiger partial charge is 0.141 e. The number of nitrogen functional groups attached to an aromatic ring is 1. The second-order valence-electron chi connectivity index (χ2n) is 4.03. The summed E-state index contributed by atoms with van der Waals surface area (Å²) in [6.45, 7) is 3.91. The Morgan fingerprint density at radius 1 is 1.39 bits per heavy atom. The van der Waals surface area contributed by atoms with Gasteiger partial charge in [0.1, 0.15) is 18.1 Å². The highest BCUT2D eigenvalue weighted by molar-refractivity contribution is 5.76. The van der Waals surface area contributed by atoms with E-state index in [1.165, 1.54) is 0 Å². The highest BCUT2D eigenvalue weighted by atomic mass is 16.5. The zero-order valence-corrected chi connectivity index (χ0v) is 10.4. The maximum Gasteiger partial charge on any atom is 0.141 e. The second kappa shape index (κ2) is 5.10. The molecule has 0 aliphatic heterocycles. The second-order valence-corrected chi connectivity index (χ2v) is 4.03. The standard InChI is InChI=1S/C13H16N2O3/c1-8-13(9(2)18-15-8)11-7-10(14)3-4-12(11)17-6-5-16/h3-4,7,16H,5-6,14H2,1-2H3. The van der Waals surface area contributed by atoms with Crippen LogP contribution in [0.1, 0.15) is 11.5 Å². The van der Waals surface area contributed by atoms with E-state index < -0.39 is 0 Å². The number of aromatic nitrogens is 1. The number of aryl methyl sites for hydroxylation is 2. The molecule has 96 valence electrons. The number of hydrogen-bond donors (Lipinski definition) is 2. The van der Waals surface area contributed by atoms with Crippen LogP contribution in [0.2, 0.25) is 0 Å². The van der Waals surface area contributed by atoms with E-state index in [-0.39, 0.29) is 13.2 Å². The van der Waals surface area contributed by atoms with Crippen LogP contribution >= 0.6 is 0 Å². The van der Waals surface area contributed by atoms with Crippen molar-refractivity contribution in [1.82, 2.24) is 5.16 Å². The van der Waals surface area contributed by atoms with Gasteiger partial charge in [0.25, 0.3) is 0 Å². The van der Waals surface area contributed by atoms with Crippen LogP contribution in [0.15, 0.2) is 22.7 Å². The average molecular weight is 248 g/mol. The Morgan fingerprint density at radius 3 is 2.78 bits per heavy atom. The van der Waals surface area contributed by atoms with Gasteiger partial charge in [0, 0.05) is 11.3 Å². The van der Waals surface area contributed by atoms with Crippen LogP contribution in [0, 0.1) is 13.8 Å². The van der Waals surface area contributed by atoms with Crippen molar-refractivity contribution in [1.29, 1.82) is 0 Å². The Bertz CT molecular complexity index is 530. The number of ether oxygens (including phenoxy) is 1. The lowest BCUT2D eigenvalue weighted by Crippen LogP contribution is -2.03. The van der Waals surface area contributed by atoms with Crippen LogP contribution in [-0.2, 0) is 0 Å². The van der Waals surface area contributed by atoms with Crippen LogP contribution in [0.4, 0.5) is 5.69 Å². The Labute approximate surface area is 105 Å². The molecule has 1 aromatic carbocycles. The van der Waals surface area contributed by atoms with Crippen molar-refractivity contribution in [3.05, 3.63) is 29.7 Å². The summed E-state index contributed by atoms with van der Waals surface area (Å²) in [6.07, 6.45) is 0. The van der Waals surface area contributed by atoms with Gasteiger partial charge in [-0.25, -0.2) is 0 Å². The number of rotatable bonds is 4. The summed E-state index contributed by atoms with van der Waals surface area (Å²) in [5.74, 6) is 1.37. The molecular weight excluding hydrogens is 232 g/mol. The molecule has 3 N–H and O–H groups in total. The van der Waals surface area contributed by atoms with E-state index in [1.54, 1.807) is 12.1 Å². The third kappa shape index (κ3) is 2.31. The van der Waals surface area contributed by atoms with E-state index in [4.69, 9.17) is 20.1 Å². The normalized spacial score (nSPS) is 10.6. The van der Waals surface area contributed by atoms with Gasteiger partial charge in [0.2, 0.25) is 0 Å². The Hall–Kier alpha value is -2.01. The third-order valence-electron chi connectivity index (χ3n) is 2.66. The topological polar surface area (TPSA) is 81.5 Å². The van der Waals surface area contributed by atoms with Crippen LogP contribution in [0.5, 0.6) is 5.75 Å². The molecule has 18 heavy (non-hydrogen) atoms. The Morgan fingerprint density at radius 2 is 2.17 bits per heavy atom. The van der Waals surface area contributed by atoms with Crippen molar-refractivity contribution in [3.8, 4) is 16.9 Å². The summed E-state index contributed by atoms with van der Waals surface area (Å²) >= 11 is 0. The molecule has 0 saturated heterocycles. The first-order valence-corrected chi connectivity index (χ1v) is 5.70. The van der Waals surface area contributed by atoms with Gasteiger partial charge in [-0.3, -0.25) is 0 Å². The van der Waals surface area contributed by atoms with E-state index in [2.05, 4.69) is 5.16 Å². The number of aliphatic hydroxyl groups is 1. The van der Waals surface area contributed by atoms with Crippen LogP contribution in [0.25, 0.3) is 11.1 Å². The number of hydrogen-bond acceptors (Lipinski definition) is 5. The fourth-order valence-electron chi connectivity index (χ4n) is 1.89. The lowest BCUT2D eigenvalue weighted by atomic mass is 10.0. The van der Waals surface area contributed by atoms with Crippen molar-refractivity contribution in [2.75, 3.05) is 18.9 Å². The largest absolute Gasteiger partial charge is 0.491 e. The fraction of sp³-hybridized carbons (Fsp3) is 0.308. The predicted molar refractivity (Wildman–Crippen MR) is 68.4 cm³/mol. The van der Waals surface area contributed by atoms with E-state index in [0.717, 1.165) is 16.8 Å². The van der Waals surface area contributed by atoms with Crippen LogP contribution < -0.4 is 10.5 Å². The number of nitrogens with two attached hydrogens (primary N) is 1. The first-order valence-electron chi connectivity index (χ1n) is 5.70. The molecule has 1 aromatic heterocycles. The van der Waals surface area contributed by atoms with E-state index in [1.807, 2.05) is 19.9 Å². The third-order valence-corrected chi connectivity index (χ3v) is 2.66. The number of aliphatic hydroxyl groups excluding tert-OH is 1. The first kappa shape index (κ1) is 12.4. The summed E-state index contributed by atoms with van der Waals surface area (Å²) in [7, 11) is 0. The Kier molecular flexibility index (Phi) is 3.53. The van der Waals surface area contributed by atoms with Crippen molar-refractivity contribution in [3.63, 3.8) is 0 Å². The van der Waals surface area contributed by atoms with E-state index >= 15 is 0 Å². The van der Waals surface area contributed by atoms with E-state index in [9.17, 15) is 0 Å². The number of benzene rings is 1. The maximum atomic E-state index is 8.83. The average Bonchev–Trinajstić information content (AvgIpc) is 2.67. The van der Waals surface area contributed by atoms with Gasteiger partial charge in [-0.1, -0.05) is 5.16 Å². The summed E-state index contributed by atoms with van der Waals surface area (Å²) < 4.78 is 10.7. The molecule has 0 saturated carbocycles. The molecule has 0 unspecified atom stereocenters. The highest BCUT2D eigenvalue weighted by Gasteiger charge is 2.16. The van der Waals surface area contributed by atoms with Gasteiger partial charge in [-0.05, 0) is 32.0 Å². The number of nitrogens with zero attached hydrogens (tertiary/aromatic N) is 1. The minimum atomic E-state index is -0.0363. The lowest BCUT2D eigenvalue weighted by molar-refractivity contribution is 0.202. The van der Waals surface area contributed by atoms with Crippen molar-refractivity contribution < 1.29 is 14.4 Å². The quantitative estimate of drug-likeness (QED) is 0.808. The summed E-state index contributed by atoms with van der Waals surface area (Å²) in [5.41, 5.74) is 8.95. The van der Waals surface area contributed by atoms with Crippen LogP contribution in [-0.4, -0.2) is 23.5 Å². The predicted octanol–water partition coefficient (Wildman–Crippen LogP) is 1.91. The summed E-state index contributed by atoms with van der Waals surface area (Å²) in [4.78, 5) is 0. The molecular formula is C13H16N2O3. The Balaban J connectivity index is 2.51. The van der Waals surface area contributed by atoms with Gasteiger partial charge < -0.3 is 20.1 Å². The maximum absolute atomic E-state index is 8.83. The molecule has 1 heterocycles. The molecule has 0 aliphatic rings. The van der Waals surface area contributed by atoms with Gasteiger partial charge in [-0.2, -0.15) is 0 Å². The van der Waals surface area contributed by atoms with Crippen molar-refractivity contribution in [2.45, 2.75) is 13.8 Å². The zero-order chi connectivity index (χ0) is 13.1. The summed E-state index contributed by atoms with van der Waals surface area (Å²) in [6, 6.07) is 5.36. The number of anilines is 1. The molecule has 5 heteroatoms. The van der Waals surface area contributed by atoms with Gasteiger partial charge in [0.15, 0.2) is 0 Å². The molecule has 0 fully saturated rings. The zero-order valence-electron chi connectivity index (χ0n) is 10.4. The molecule has 2 aromatic rings. The SMILES string of the molecule is Cc1noc(C)c1-c1cc(N)ccc1OCCO. The van der Waals surface area contributed by atoms with E-state index in [0.29, 0.717) is 17.2 Å². The fourth-order valence-corrected chi connectivity index (χ4v) is 1.89. The molecule has 0 atom stereocenters. The van der Waals surface area contributed by atoms with Crippen molar-refractivity contribution in [2.24, 2.45) is 0 Å². The van der Waals surface area contributed by atoms with Crippen LogP contribution in [0.3, 0.4) is 0 Å². The minimum Gasteiger partial charge on any atom is -0.491 e. The van der Waals surface area contributed by atoms with Crippen molar-refractivity contribution >= 4 is 5.69 Å². The monoisotopic (exact) mass is 248 g/mol. The highest BCUT2D eigenvalue weighted by Crippen LogP contribution is 2.35. The van der Waals surface area contributed by atoms with Gasteiger partial charge in [-0.15, -0.1) is 0 Å². The molecule has 0 aliphatic carbocycles. The van der Waals surface area contributed by atoms with Gasteiger partial charge >= 0.3 is 0 Å². The molecule has 0 spiro atoms. The lowest BCUT2D eigenvalue weighted by Gasteiger charge is -2.11. The van der Waals surface area contributed by atoms with Gasteiger partial charge in [0.05, 0.1) is 17.9 Å². The molecule has 0 radical (unpaired) electrons. The first-order chi connectivity index (χ1) is 8.63. The molecule has 0 bridgehead atoms. The summed E-state index contributed by atoms with van der Waals surface area (Å²) in [5, 5.41) is 12.8.